The third kappa shape index (κ3) is 3.67. The van der Waals surface area contributed by atoms with Crippen LogP contribution in [0, 0.1) is 5.41 Å². The molecule has 94 valence electrons. The van der Waals surface area contributed by atoms with Gasteiger partial charge in [0.15, 0.2) is 0 Å². The molecule has 3 nitrogen and oxygen atoms in total. The summed E-state index contributed by atoms with van der Waals surface area (Å²) in [5.74, 6) is 1.84. The Kier molecular flexibility index (Phi) is 4.68. The topological polar surface area (TPSA) is 46.5 Å². The summed E-state index contributed by atoms with van der Waals surface area (Å²) in [5.41, 5.74) is -0.878. The summed E-state index contributed by atoms with van der Waals surface area (Å²) in [5, 5.41) is 9.12. The summed E-state index contributed by atoms with van der Waals surface area (Å²) in [7, 11) is 0. The van der Waals surface area contributed by atoms with Gasteiger partial charge in [-0.3, -0.25) is 4.79 Å². The van der Waals surface area contributed by atoms with Crippen molar-refractivity contribution >= 4 is 17.7 Å². The molecule has 0 bridgehead atoms. The predicted octanol–water partition coefficient (Wildman–Crippen LogP) is 2.22. The lowest BCUT2D eigenvalue weighted by molar-refractivity contribution is -0.169. The number of rotatable bonds is 3. The molecule has 0 radical (unpaired) electrons. The van der Waals surface area contributed by atoms with Gasteiger partial charge in [-0.15, -0.1) is 0 Å². The van der Waals surface area contributed by atoms with Crippen molar-refractivity contribution in [3.8, 4) is 0 Å². The number of aliphatic hydroxyl groups excluding tert-OH is 1. The summed E-state index contributed by atoms with van der Waals surface area (Å²) >= 11 is 1.87. The molecule has 0 unspecified atom stereocenters. The van der Waals surface area contributed by atoms with E-state index in [1.54, 1.807) is 0 Å². The number of aliphatic hydroxyl groups is 1. The van der Waals surface area contributed by atoms with Gasteiger partial charge in [-0.1, -0.05) is 0 Å². The second-order valence-corrected chi connectivity index (χ2v) is 6.59. The van der Waals surface area contributed by atoms with Crippen molar-refractivity contribution in [2.75, 3.05) is 18.1 Å². The van der Waals surface area contributed by atoms with E-state index in [-0.39, 0.29) is 12.6 Å². The Hall–Kier alpha value is -0.220. The van der Waals surface area contributed by atoms with Crippen LogP contribution in [0.1, 0.15) is 40.0 Å². The quantitative estimate of drug-likeness (QED) is 0.776. The molecule has 0 atom stereocenters. The smallest absolute Gasteiger partial charge is 0.312 e. The lowest BCUT2D eigenvalue weighted by Crippen LogP contribution is -2.41. The summed E-state index contributed by atoms with van der Waals surface area (Å²) in [6, 6.07) is 0. The molecule has 0 aliphatic carbocycles. The average molecular weight is 246 g/mol. The van der Waals surface area contributed by atoms with Gasteiger partial charge in [0.1, 0.15) is 5.60 Å². The van der Waals surface area contributed by atoms with Crippen LogP contribution in [0.5, 0.6) is 0 Å². The average Bonchev–Trinajstić information content (AvgIpc) is 2.17. The maximum absolute atomic E-state index is 12.2. The molecule has 0 amide bonds. The molecule has 16 heavy (non-hydrogen) atoms. The molecular formula is C12H22O3S. The van der Waals surface area contributed by atoms with Crippen LogP contribution in [-0.2, 0) is 9.53 Å². The Bertz CT molecular complexity index is 234. The molecule has 0 aromatic heterocycles. The lowest BCUT2D eigenvalue weighted by Gasteiger charge is -2.36. The second kappa shape index (κ2) is 5.41. The highest BCUT2D eigenvalue weighted by atomic mass is 32.2. The lowest BCUT2D eigenvalue weighted by atomic mass is 9.79. The zero-order valence-corrected chi connectivity index (χ0v) is 11.2. The van der Waals surface area contributed by atoms with Gasteiger partial charge < -0.3 is 9.84 Å². The van der Waals surface area contributed by atoms with Crippen molar-refractivity contribution in [2.24, 2.45) is 5.41 Å². The van der Waals surface area contributed by atoms with Crippen LogP contribution in [0.15, 0.2) is 0 Å². The van der Waals surface area contributed by atoms with Gasteiger partial charge in [0.25, 0.3) is 0 Å². The number of carbonyl (C=O) groups excluding carboxylic acids is 1. The van der Waals surface area contributed by atoms with E-state index >= 15 is 0 Å². The third-order valence-corrected chi connectivity index (χ3v) is 3.86. The van der Waals surface area contributed by atoms with E-state index in [2.05, 4.69) is 0 Å². The molecule has 0 aromatic carbocycles. The van der Waals surface area contributed by atoms with E-state index in [0.717, 1.165) is 24.3 Å². The number of thioether (sulfide) groups is 1. The van der Waals surface area contributed by atoms with Gasteiger partial charge in [-0.2, -0.15) is 11.8 Å². The van der Waals surface area contributed by atoms with E-state index in [9.17, 15) is 4.79 Å². The van der Waals surface area contributed by atoms with Crippen molar-refractivity contribution in [3.05, 3.63) is 0 Å². The van der Waals surface area contributed by atoms with E-state index in [0.29, 0.717) is 6.42 Å². The molecule has 1 heterocycles. The van der Waals surface area contributed by atoms with Crippen LogP contribution >= 0.6 is 11.8 Å². The normalized spacial score (nSPS) is 20.5. The molecule has 1 fully saturated rings. The minimum Gasteiger partial charge on any atom is -0.460 e. The number of hydrogen-bond acceptors (Lipinski definition) is 4. The molecule has 0 saturated carbocycles. The summed E-state index contributed by atoms with van der Waals surface area (Å²) in [6.07, 6.45) is 2.18. The van der Waals surface area contributed by atoms with Crippen LogP contribution in [0.2, 0.25) is 0 Å². The fraction of sp³-hybridized carbons (Fsp3) is 0.917. The highest BCUT2D eigenvalue weighted by Crippen LogP contribution is 2.39. The Balaban J connectivity index is 2.72. The largest absolute Gasteiger partial charge is 0.460 e. The van der Waals surface area contributed by atoms with Crippen molar-refractivity contribution in [3.63, 3.8) is 0 Å². The fourth-order valence-electron chi connectivity index (χ4n) is 1.92. The predicted molar refractivity (Wildman–Crippen MR) is 66.5 cm³/mol. The van der Waals surface area contributed by atoms with Crippen molar-refractivity contribution in [2.45, 2.75) is 45.6 Å². The van der Waals surface area contributed by atoms with Gasteiger partial charge in [0, 0.05) is 6.61 Å². The van der Waals surface area contributed by atoms with Gasteiger partial charge in [-0.25, -0.2) is 0 Å². The Morgan fingerprint density at radius 2 is 1.94 bits per heavy atom. The maximum Gasteiger partial charge on any atom is 0.312 e. The van der Waals surface area contributed by atoms with Crippen LogP contribution < -0.4 is 0 Å². The van der Waals surface area contributed by atoms with Crippen LogP contribution in [0.4, 0.5) is 0 Å². The molecular weight excluding hydrogens is 224 g/mol. The summed E-state index contributed by atoms with van der Waals surface area (Å²) in [4.78, 5) is 12.2. The first kappa shape index (κ1) is 13.8. The van der Waals surface area contributed by atoms with Crippen LogP contribution in [-0.4, -0.2) is 34.8 Å². The Morgan fingerprint density at radius 1 is 1.38 bits per heavy atom. The van der Waals surface area contributed by atoms with Gasteiger partial charge in [0.2, 0.25) is 0 Å². The number of ether oxygens (including phenoxy) is 1. The third-order valence-electron chi connectivity index (χ3n) is 2.87. The Labute approximate surface area is 102 Å². The van der Waals surface area contributed by atoms with E-state index in [4.69, 9.17) is 9.84 Å². The van der Waals surface area contributed by atoms with E-state index in [1.165, 1.54) is 0 Å². The number of esters is 1. The maximum atomic E-state index is 12.2. The zero-order valence-electron chi connectivity index (χ0n) is 10.4. The van der Waals surface area contributed by atoms with Gasteiger partial charge in [-0.05, 0) is 51.5 Å². The van der Waals surface area contributed by atoms with Gasteiger partial charge in [0.05, 0.1) is 5.41 Å². The van der Waals surface area contributed by atoms with Crippen molar-refractivity contribution in [1.29, 1.82) is 0 Å². The molecule has 1 N–H and O–H groups in total. The molecule has 4 heteroatoms. The van der Waals surface area contributed by atoms with Crippen LogP contribution in [0.3, 0.4) is 0 Å². The van der Waals surface area contributed by atoms with Crippen molar-refractivity contribution < 1.29 is 14.6 Å². The molecule has 1 rings (SSSR count). The second-order valence-electron chi connectivity index (χ2n) is 5.37. The molecule has 0 spiro atoms. The molecule has 1 aliphatic heterocycles. The standard InChI is InChI=1S/C12H22O3S/c1-11(2,3)15-10(14)12(4-7-13)5-8-16-9-6-12/h13H,4-9H2,1-3H3. The first-order valence-electron chi connectivity index (χ1n) is 5.82. The van der Waals surface area contributed by atoms with Gasteiger partial charge >= 0.3 is 5.97 Å². The highest BCUT2D eigenvalue weighted by Gasteiger charge is 2.42. The van der Waals surface area contributed by atoms with Crippen LogP contribution in [0.25, 0.3) is 0 Å². The first-order chi connectivity index (χ1) is 7.40. The summed E-state index contributed by atoms with van der Waals surface area (Å²) < 4.78 is 5.47. The zero-order chi connectivity index (χ0) is 12.2. The minimum absolute atomic E-state index is 0.0594. The number of carbonyl (C=O) groups is 1. The fourth-order valence-corrected chi connectivity index (χ4v) is 3.19. The van der Waals surface area contributed by atoms with Crippen molar-refractivity contribution in [1.82, 2.24) is 0 Å². The first-order valence-corrected chi connectivity index (χ1v) is 6.97. The minimum atomic E-state index is -0.440. The SMILES string of the molecule is CC(C)(C)OC(=O)C1(CCO)CCSCC1. The molecule has 1 saturated heterocycles. The molecule has 0 aromatic rings. The van der Waals surface area contributed by atoms with E-state index in [1.807, 2.05) is 32.5 Å². The highest BCUT2D eigenvalue weighted by molar-refractivity contribution is 7.99. The number of hydrogen-bond donors (Lipinski definition) is 1. The Morgan fingerprint density at radius 3 is 2.38 bits per heavy atom. The van der Waals surface area contributed by atoms with E-state index < -0.39 is 11.0 Å². The monoisotopic (exact) mass is 246 g/mol. The summed E-state index contributed by atoms with van der Waals surface area (Å²) in [6.45, 7) is 5.71. The molecule has 1 aliphatic rings.